The molecule has 0 unspecified atom stereocenters. The van der Waals surface area contributed by atoms with Gasteiger partial charge in [-0.2, -0.15) is 5.10 Å². The zero-order valence-corrected chi connectivity index (χ0v) is 9.88. The molecule has 0 spiro atoms. The van der Waals surface area contributed by atoms with Crippen molar-refractivity contribution in [2.45, 2.75) is 58.8 Å². The van der Waals surface area contributed by atoms with Gasteiger partial charge in [-0.25, -0.2) is 10.2 Å². The van der Waals surface area contributed by atoms with E-state index in [0.717, 1.165) is 37.8 Å². The number of carbonyl (C=O) groups is 1. The molecule has 0 aromatic carbocycles. The highest BCUT2D eigenvalue weighted by Gasteiger charge is 2.00. The van der Waals surface area contributed by atoms with E-state index in [1.54, 1.807) is 0 Å². The number of nitrogens with zero attached hydrogens (tertiary/aromatic N) is 1. The van der Waals surface area contributed by atoms with E-state index in [2.05, 4.69) is 24.4 Å². The molecule has 2 amide bonds. The van der Waals surface area contributed by atoms with Crippen molar-refractivity contribution in [3.8, 4) is 0 Å². The molecule has 88 valence electrons. The predicted molar refractivity (Wildman–Crippen MR) is 63.8 cm³/mol. The minimum absolute atomic E-state index is 0.584. The third-order valence-corrected chi connectivity index (χ3v) is 2.21. The molecule has 0 saturated carbocycles. The Hall–Kier alpha value is -1.06. The number of carbonyl (C=O) groups excluding carboxylic acids is 1. The van der Waals surface area contributed by atoms with E-state index in [4.69, 9.17) is 5.73 Å². The molecule has 4 nitrogen and oxygen atoms in total. The molecule has 0 aliphatic heterocycles. The fourth-order valence-corrected chi connectivity index (χ4v) is 1.33. The van der Waals surface area contributed by atoms with Crippen LogP contribution in [-0.2, 0) is 0 Å². The number of nitrogens with one attached hydrogen (secondary N) is 1. The van der Waals surface area contributed by atoms with Crippen LogP contribution < -0.4 is 11.2 Å². The number of amides is 2. The molecule has 0 aromatic heterocycles. The second kappa shape index (κ2) is 9.49. The summed E-state index contributed by atoms with van der Waals surface area (Å²) in [7, 11) is 0. The summed E-state index contributed by atoms with van der Waals surface area (Å²) in [6, 6.07) is -0.584. The van der Waals surface area contributed by atoms with E-state index in [9.17, 15) is 4.79 Å². The molecular formula is C11H23N3O. The van der Waals surface area contributed by atoms with E-state index in [-0.39, 0.29) is 0 Å². The molecule has 3 N–H and O–H groups in total. The van der Waals surface area contributed by atoms with Crippen LogP contribution in [0.4, 0.5) is 4.79 Å². The third-order valence-electron chi connectivity index (χ3n) is 2.21. The van der Waals surface area contributed by atoms with E-state index < -0.39 is 6.03 Å². The Morgan fingerprint density at radius 2 is 1.73 bits per heavy atom. The van der Waals surface area contributed by atoms with Crippen LogP contribution in [0, 0.1) is 0 Å². The Balaban J connectivity index is 3.93. The molecule has 15 heavy (non-hydrogen) atoms. The van der Waals surface area contributed by atoms with Crippen molar-refractivity contribution in [2.24, 2.45) is 10.8 Å². The molecule has 0 heterocycles. The lowest BCUT2D eigenvalue weighted by Gasteiger charge is -2.05. The summed E-state index contributed by atoms with van der Waals surface area (Å²) in [5, 5.41) is 4.02. The number of nitrogens with two attached hydrogens (primary N) is 1. The van der Waals surface area contributed by atoms with Gasteiger partial charge in [-0.1, -0.05) is 33.1 Å². The molecule has 0 radical (unpaired) electrons. The van der Waals surface area contributed by atoms with Gasteiger partial charge < -0.3 is 5.73 Å². The van der Waals surface area contributed by atoms with Crippen molar-refractivity contribution in [1.82, 2.24) is 5.43 Å². The van der Waals surface area contributed by atoms with Crippen LogP contribution in [0.25, 0.3) is 0 Å². The van der Waals surface area contributed by atoms with Gasteiger partial charge in [0, 0.05) is 5.71 Å². The Bertz CT molecular complexity index is 202. The van der Waals surface area contributed by atoms with Gasteiger partial charge in [0.25, 0.3) is 0 Å². The predicted octanol–water partition coefficient (Wildman–Crippen LogP) is 2.78. The second-order valence-electron chi connectivity index (χ2n) is 3.71. The largest absolute Gasteiger partial charge is 0.350 e. The number of urea groups is 1. The zero-order valence-electron chi connectivity index (χ0n) is 9.88. The van der Waals surface area contributed by atoms with Gasteiger partial charge in [-0.15, -0.1) is 0 Å². The number of hydrazone groups is 1. The number of unbranched alkanes of at least 4 members (excludes halogenated alkanes) is 3. The summed E-state index contributed by atoms with van der Waals surface area (Å²) in [6.07, 6.45) is 7.73. The fraction of sp³-hybridized carbons (Fsp3) is 0.818. The van der Waals surface area contributed by atoms with Crippen molar-refractivity contribution in [3.05, 3.63) is 0 Å². The smallest absolute Gasteiger partial charge is 0.332 e. The van der Waals surface area contributed by atoms with Gasteiger partial charge >= 0.3 is 6.03 Å². The summed E-state index contributed by atoms with van der Waals surface area (Å²) in [5.41, 5.74) is 8.33. The molecule has 0 aromatic rings. The molecule has 0 aliphatic carbocycles. The maximum absolute atomic E-state index is 10.5. The molecule has 0 fully saturated rings. The van der Waals surface area contributed by atoms with Gasteiger partial charge in [0.2, 0.25) is 0 Å². The fourth-order valence-electron chi connectivity index (χ4n) is 1.33. The van der Waals surface area contributed by atoms with Gasteiger partial charge in [0.05, 0.1) is 0 Å². The van der Waals surface area contributed by atoms with Crippen molar-refractivity contribution >= 4 is 11.7 Å². The van der Waals surface area contributed by atoms with Gasteiger partial charge in [0.15, 0.2) is 0 Å². The van der Waals surface area contributed by atoms with E-state index in [1.165, 1.54) is 12.8 Å². The first-order chi connectivity index (χ1) is 7.20. The molecule has 0 rings (SSSR count). The van der Waals surface area contributed by atoms with Crippen LogP contribution in [0.1, 0.15) is 58.8 Å². The summed E-state index contributed by atoms with van der Waals surface area (Å²) < 4.78 is 0. The maximum atomic E-state index is 10.5. The average Bonchev–Trinajstić information content (AvgIpc) is 2.21. The Morgan fingerprint density at radius 1 is 1.13 bits per heavy atom. The Morgan fingerprint density at radius 3 is 2.27 bits per heavy atom. The maximum Gasteiger partial charge on any atom is 0.332 e. The van der Waals surface area contributed by atoms with Gasteiger partial charge in [-0.3, -0.25) is 0 Å². The average molecular weight is 213 g/mol. The summed E-state index contributed by atoms with van der Waals surface area (Å²) in [5.74, 6) is 0. The first kappa shape index (κ1) is 13.9. The molecule has 0 aliphatic rings. The molecule has 0 saturated heterocycles. The minimum Gasteiger partial charge on any atom is -0.350 e. The van der Waals surface area contributed by atoms with Gasteiger partial charge in [-0.05, 0) is 25.7 Å². The number of rotatable bonds is 8. The lowest BCUT2D eigenvalue weighted by atomic mass is 10.1. The van der Waals surface area contributed by atoms with Crippen LogP contribution in [0.5, 0.6) is 0 Å². The summed E-state index contributed by atoms with van der Waals surface area (Å²) in [4.78, 5) is 10.5. The highest BCUT2D eigenvalue weighted by molar-refractivity contribution is 5.85. The van der Waals surface area contributed by atoms with Crippen LogP contribution in [0.3, 0.4) is 0 Å². The quantitative estimate of drug-likeness (QED) is 0.363. The third kappa shape index (κ3) is 9.25. The number of hydrogen-bond acceptors (Lipinski definition) is 2. The highest BCUT2D eigenvalue weighted by atomic mass is 16.2. The Labute approximate surface area is 92.3 Å². The van der Waals surface area contributed by atoms with Crippen molar-refractivity contribution < 1.29 is 4.79 Å². The van der Waals surface area contributed by atoms with Gasteiger partial charge in [0.1, 0.15) is 0 Å². The number of primary amides is 1. The van der Waals surface area contributed by atoms with E-state index >= 15 is 0 Å². The summed E-state index contributed by atoms with van der Waals surface area (Å²) >= 11 is 0. The van der Waals surface area contributed by atoms with Crippen LogP contribution in [0.2, 0.25) is 0 Å². The van der Waals surface area contributed by atoms with Crippen molar-refractivity contribution in [1.29, 1.82) is 0 Å². The highest BCUT2D eigenvalue weighted by Crippen LogP contribution is 2.06. The molecular weight excluding hydrogens is 190 g/mol. The first-order valence-corrected chi connectivity index (χ1v) is 5.81. The first-order valence-electron chi connectivity index (χ1n) is 5.81. The molecule has 0 bridgehead atoms. The minimum atomic E-state index is -0.584. The normalized spacial score (nSPS) is 11.5. The monoisotopic (exact) mass is 213 g/mol. The summed E-state index contributed by atoms with van der Waals surface area (Å²) in [6.45, 7) is 4.32. The second-order valence-corrected chi connectivity index (χ2v) is 3.71. The van der Waals surface area contributed by atoms with E-state index in [1.807, 2.05) is 0 Å². The van der Waals surface area contributed by atoms with Crippen molar-refractivity contribution in [3.63, 3.8) is 0 Å². The van der Waals surface area contributed by atoms with Crippen molar-refractivity contribution in [2.75, 3.05) is 0 Å². The van der Waals surface area contributed by atoms with E-state index in [0.29, 0.717) is 0 Å². The zero-order chi connectivity index (χ0) is 11.5. The van der Waals surface area contributed by atoms with Crippen LogP contribution in [0.15, 0.2) is 5.10 Å². The molecule has 4 heteroatoms. The lowest BCUT2D eigenvalue weighted by Crippen LogP contribution is -2.25. The lowest BCUT2D eigenvalue weighted by molar-refractivity contribution is 0.249. The number of hydrogen-bond donors (Lipinski definition) is 2. The van der Waals surface area contributed by atoms with Crippen LogP contribution in [-0.4, -0.2) is 11.7 Å². The topological polar surface area (TPSA) is 67.5 Å². The Kier molecular flexibility index (Phi) is 8.82. The molecule has 0 atom stereocenters. The van der Waals surface area contributed by atoms with Crippen LogP contribution >= 0.6 is 0 Å². The standard InChI is InChI=1S/C11H23N3O/c1-3-5-7-9-10(8-6-4-2)13-14-11(12)15/h3-9H2,1-2H3,(H3,12,14,15)/b13-10+. The SMILES string of the molecule is CCCCC/C(CCCC)=N/NC(N)=O.